The van der Waals surface area contributed by atoms with Gasteiger partial charge in [-0.1, -0.05) is 17.7 Å². The van der Waals surface area contributed by atoms with Crippen molar-refractivity contribution in [2.24, 2.45) is 0 Å². The van der Waals surface area contributed by atoms with Gasteiger partial charge in [-0.25, -0.2) is 0 Å². The zero-order valence-electron chi connectivity index (χ0n) is 13.4. The molecule has 1 amide bonds. The van der Waals surface area contributed by atoms with E-state index in [-0.39, 0.29) is 5.91 Å². The van der Waals surface area contributed by atoms with Crippen LogP contribution in [0.15, 0.2) is 24.3 Å². The minimum absolute atomic E-state index is 0.208. The standard InChI is InChI=1S/C18H26N2O2/c1-14-2-5-16(6-3-14)22-17-9-12-20(13-10-17)15-4-7-18(21)19-11-8-15/h2-3,5-6,15,17H,4,7-13H2,1H3,(H,19,21)/t15-/m1/s1. The fraction of sp³-hybridized carbons (Fsp3) is 0.611. The smallest absolute Gasteiger partial charge is 0.220 e. The summed E-state index contributed by atoms with van der Waals surface area (Å²) >= 11 is 0. The van der Waals surface area contributed by atoms with Crippen molar-refractivity contribution in [1.29, 1.82) is 0 Å². The van der Waals surface area contributed by atoms with Crippen LogP contribution in [0, 0.1) is 6.92 Å². The number of aryl methyl sites for hydroxylation is 1. The molecule has 1 aromatic rings. The average Bonchev–Trinajstić information content (AvgIpc) is 2.75. The molecule has 0 unspecified atom stereocenters. The molecule has 22 heavy (non-hydrogen) atoms. The molecular weight excluding hydrogens is 276 g/mol. The number of hydrogen-bond donors (Lipinski definition) is 1. The Morgan fingerprint density at radius 2 is 1.82 bits per heavy atom. The van der Waals surface area contributed by atoms with Crippen LogP contribution in [0.2, 0.25) is 0 Å². The minimum atomic E-state index is 0.208. The molecule has 3 rings (SSSR count). The van der Waals surface area contributed by atoms with E-state index in [0.29, 0.717) is 18.6 Å². The summed E-state index contributed by atoms with van der Waals surface area (Å²) in [4.78, 5) is 14.0. The number of carbonyl (C=O) groups excluding carboxylic acids is 1. The number of hydrogen-bond acceptors (Lipinski definition) is 3. The van der Waals surface area contributed by atoms with E-state index in [1.165, 1.54) is 5.56 Å². The third-order valence-corrected chi connectivity index (χ3v) is 4.82. The van der Waals surface area contributed by atoms with Gasteiger partial charge >= 0.3 is 0 Å². The van der Waals surface area contributed by atoms with Crippen LogP contribution >= 0.6 is 0 Å². The number of carbonyl (C=O) groups is 1. The second-order valence-corrected chi connectivity index (χ2v) is 6.50. The van der Waals surface area contributed by atoms with Gasteiger partial charge in [-0.2, -0.15) is 0 Å². The van der Waals surface area contributed by atoms with Gasteiger partial charge in [0, 0.05) is 32.1 Å². The molecule has 1 N–H and O–H groups in total. The number of nitrogens with one attached hydrogen (secondary N) is 1. The third kappa shape index (κ3) is 4.01. The summed E-state index contributed by atoms with van der Waals surface area (Å²) in [5, 5.41) is 2.97. The van der Waals surface area contributed by atoms with Crippen LogP contribution in [0.4, 0.5) is 0 Å². The highest BCUT2D eigenvalue weighted by Crippen LogP contribution is 2.23. The molecule has 0 aromatic heterocycles. The quantitative estimate of drug-likeness (QED) is 0.933. The van der Waals surface area contributed by atoms with E-state index < -0.39 is 0 Å². The molecule has 2 saturated heterocycles. The first-order valence-electron chi connectivity index (χ1n) is 8.45. The molecule has 2 aliphatic rings. The van der Waals surface area contributed by atoms with Crippen LogP contribution in [0.25, 0.3) is 0 Å². The maximum Gasteiger partial charge on any atom is 0.220 e. The Balaban J connectivity index is 1.47. The van der Waals surface area contributed by atoms with Gasteiger partial charge < -0.3 is 15.0 Å². The molecule has 2 fully saturated rings. The van der Waals surface area contributed by atoms with Gasteiger partial charge in [-0.3, -0.25) is 4.79 Å². The highest BCUT2D eigenvalue weighted by atomic mass is 16.5. The van der Waals surface area contributed by atoms with Crippen molar-refractivity contribution >= 4 is 5.91 Å². The lowest BCUT2D eigenvalue weighted by Crippen LogP contribution is -2.44. The molecule has 4 heteroatoms. The molecule has 120 valence electrons. The van der Waals surface area contributed by atoms with Gasteiger partial charge in [0.15, 0.2) is 0 Å². The van der Waals surface area contributed by atoms with E-state index in [4.69, 9.17) is 4.74 Å². The first-order valence-corrected chi connectivity index (χ1v) is 8.45. The molecule has 1 atom stereocenters. The predicted octanol–water partition coefficient (Wildman–Crippen LogP) is 2.51. The van der Waals surface area contributed by atoms with Crippen LogP contribution in [-0.2, 0) is 4.79 Å². The van der Waals surface area contributed by atoms with Crippen LogP contribution < -0.4 is 10.1 Å². The summed E-state index contributed by atoms with van der Waals surface area (Å²) in [6.07, 6.45) is 5.22. The maximum absolute atomic E-state index is 11.4. The fourth-order valence-electron chi connectivity index (χ4n) is 3.44. The topological polar surface area (TPSA) is 41.6 Å². The van der Waals surface area contributed by atoms with E-state index in [2.05, 4.69) is 41.4 Å². The number of amides is 1. The molecule has 1 aromatic carbocycles. The highest BCUT2D eigenvalue weighted by Gasteiger charge is 2.27. The number of likely N-dealkylation sites (tertiary alicyclic amines) is 1. The Bertz CT molecular complexity index is 492. The van der Waals surface area contributed by atoms with Crippen LogP contribution in [0.1, 0.15) is 37.7 Å². The number of piperidine rings is 1. The number of benzene rings is 1. The fourth-order valence-corrected chi connectivity index (χ4v) is 3.44. The Morgan fingerprint density at radius 1 is 1.09 bits per heavy atom. The lowest BCUT2D eigenvalue weighted by atomic mass is 10.0. The molecule has 0 spiro atoms. The number of ether oxygens (including phenoxy) is 1. The van der Waals surface area contributed by atoms with Crippen molar-refractivity contribution in [1.82, 2.24) is 10.2 Å². The van der Waals surface area contributed by atoms with Gasteiger partial charge in [0.25, 0.3) is 0 Å². The number of nitrogens with zero attached hydrogens (tertiary/aromatic N) is 1. The molecule has 0 radical (unpaired) electrons. The summed E-state index contributed by atoms with van der Waals surface area (Å²) in [7, 11) is 0. The summed E-state index contributed by atoms with van der Waals surface area (Å²) < 4.78 is 6.09. The second-order valence-electron chi connectivity index (χ2n) is 6.50. The van der Waals surface area contributed by atoms with Gasteiger partial charge in [-0.15, -0.1) is 0 Å². The second kappa shape index (κ2) is 7.14. The van der Waals surface area contributed by atoms with E-state index >= 15 is 0 Å². The van der Waals surface area contributed by atoms with E-state index in [9.17, 15) is 4.79 Å². The largest absolute Gasteiger partial charge is 0.490 e. The summed E-state index contributed by atoms with van der Waals surface area (Å²) in [5.74, 6) is 1.19. The molecule has 0 aliphatic carbocycles. The van der Waals surface area contributed by atoms with Crippen molar-refractivity contribution in [3.8, 4) is 5.75 Å². The Kier molecular flexibility index (Phi) is 4.98. The maximum atomic E-state index is 11.4. The summed E-state index contributed by atoms with van der Waals surface area (Å²) in [6, 6.07) is 8.87. The van der Waals surface area contributed by atoms with Crippen molar-refractivity contribution in [3.63, 3.8) is 0 Å². The third-order valence-electron chi connectivity index (χ3n) is 4.82. The molecular formula is C18H26N2O2. The molecule has 4 nitrogen and oxygen atoms in total. The van der Waals surface area contributed by atoms with E-state index in [0.717, 1.165) is 51.1 Å². The zero-order valence-corrected chi connectivity index (χ0v) is 13.4. The van der Waals surface area contributed by atoms with Crippen molar-refractivity contribution in [2.45, 2.75) is 51.2 Å². The lowest BCUT2D eigenvalue weighted by molar-refractivity contribution is -0.120. The summed E-state index contributed by atoms with van der Waals surface area (Å²) in [6.45, 7) is 5.07. The van der Waals surface area contributed by atoms with Crippen molar-refractivity contribution in [3.05, 3.63) is 29.8 Å². The van der Waals surface area contributed by atoms with Crippen LogP contribution in [0.3, 0.4) is 0 Å². The van der Waals surface area contributed by atoms with Gasteiger partial charge in [0.1, 0.15) is 11.9 Å². The highest BCUT2D eigenvalue weighted by molar-refractivity contribution is 5.76. The number of rotatable bonds is 3. The average molecular weight is 302 g/mol. The van der Waals surface area contributed by atoms with Crippen molar-refractivity contribution in [2.75, 3.05) is 19.6 Å². The van der Waals surface area contributed by atoms with Crippen LogP contribution in [0.5, 0.6) is 5.75 Å². The first-order chi connectivity index (χ1) is 10.7. The molecule has 2 aliphatic heterocycles. The van der Waals surface area contributed by atoms with Gasteiger partial charge in [-0.05, 0) is 44.7 Å². The van der Waals surface area contributed by atoms with Crippen LogP contribution in [-0.4, -0.2) is 42.6 Å². The SMILES string of the molecule is Cc1ccc(OC2CCN([C@H]3CCNC(=O)CC3)CC2)cc1. The monoisotopic (exact) mass is 302 g/mol. The van der Waals surface area contributed by atoms with E-state index in [1.807, 2.05) is 0 Å². The Hall–Kier alpha value is -1.55. The van der Waals surface area contributed by atoms with Gasteiger partial charge in [0.2, 0.25) is 5.91 Å². The zero-order chi connectivity index (χ0) is 15.4. The molecule has 2 heterocycles. The lowest BCUT2D eigenvalue weighted by Gasteiger charge is -2.37. The summed E-state index contributed by atoms with van der Waals surface area (Å²) in [5.41, 5.74) is 1.26. The molecule has 0 saturated carbocycles. The van der Waals surface area contributed by atoms with E-state index in [1.54, 1.807) is 0 Å². The van der Waals surface area contributed by atoms with Gasteiger partial charge in [0.05, 0.1) is 0 Å². The predicted molar refractivity (Wildman–Crippen MR) is 87.1 cm³/mol. The minimum Gasteiger partial charge on any atom is -0.490 e. The van der Waals surface area contributed by atoms with Crippen molar-refractivity contribution < 1.29 is 9.53 Å². The Labute approximate surface area is 132 Å². The normalized spacial score (nSPS) is 24.6. The molecule has 0 bridgehead atoms. The Morgan fingerprint density at radius 3 is 2.55 bits per heavy atom. The first kappa shape index (κ1) is 15.3.